The fourth-order valence-electron chi connectivity index (χ4n) is 1.82. The van der Waals surface area contributed by atoms with Crippen molar-refractivity contribution in [3.63, 3.8) is 0 Å². The lowest BCUT2D eigenvalue weighted by Gasteiger charge is -2.14. The second kappa shape index (κ2) is 5.40. The molecule has 4 nitrogen and oxygen atoms in total. The molecule has 0 radical (unpaired) electrons. The molecule has 100 valence electrons. The average Bonchev–Trinajstić information content (AvgIpc) is 2.85. The quantitative estimate of drug-likeness (QED) is 0.843. The number of benzene rings is 1. The topological polar surface area (TPSA) is 62.2 Å². The SMILES string of the molecule is Cc1cc(O)c(C(C)C)cc1NC(=O)c1cscn1. The number of carbonyl (C=O) groups excluding carboxylic acids is 1. The maximum absolute atomic E-state index is 12.0. The van der Waals surface area contributed by atoms with Crippen molar-refractivity contribution in [2.75, 3.05) is 5.32 Å². The lowest BCUT2D eigenvalue weighted by atomic mass is 9.99. The third-order valence-corrected chi connectivity index (χ3v) is 3.50. The Balaban J connectivity index is 2.30. The van der Waals surface area contributed by atoms with Crippen molar-refractivity contribution in [3.05, 3.63) is 39.8 Å². The molecule has 0 bridgehead atoms. The van der Waals surface area contributed by atoms with Crippen molar-refractivity contribution in [1.82, 2.24) is 4.98 Å². The number of hydrogen-bond donors (Lipinski definition) is 2. The molecular formula is C14H16N2O2S. The van der Waals surface area contributed by atoms with E-state index in [1.54, 1.807) is 17.0 Å². The van der Waals surface area contributed by atoms with Crippen LogP contribution in [0.5, 0.6) is 5.75 Å². The molecule has 1 aromatic heterocycles. The van der Waals surface area contributed by atoms with E-state index in [2.05, 4.69) is 10.3 Å². The van der Waals surface area contributed by atoms with Crippen molar-refractivity contribution in [1.29, 1.82) is 0 Å². The lowest BCUT2D eigenvalue weighted by molar-refractivity contribution is 0.102. The number of thiazole rings is 1. The minimum absolute atomic E-state index is 0.190. The Labute approximate surface area is 116 Å². The maximum atomic E-state index is 12.0. The van der Waals surface area contributed by atoms with E-state index >= 15 is 0 Å². The predicted molar refractivity (Wildman–Crippen MR) is 77.0 cm³/mol. The van der Waals surface area contributed by atoms with Gasteiger partial charge in [-0.2, -0.15) is 0 Å². The highest BCUT2D eigenvalue weighted by atomic mass is 32.1. The van der Waals surface area contributed by atoms with Crippen LogP contribution >= 0.6 is 11.3 Å². The number of aromatic nitrogens is 1. The molecule has 5 heteroatoms. The van der Waals surface area contributed by atoms with Gasteiger partial charge in [-0.15, -0.1) is 11.3 Å². The van der Waals surface area contributed by atoms with Crippen LogP contribution in [0.3, 0.4) is 0 Å². The van der Waals surface area contributed by atoms with E-state index in [1.807, 2.05) is 26.8 Å². The molecule has 0 saturated heterocycles. The number of hydrogen-bond acceptors (Lipinski definition) is 4. The van der Waals surface area contributed by atoms with Crippen LogP contribution in [0.4, 0.5) is 5.69 Å². The lowest BCUT2D eigenvalue weighted by Crippen LogP contribution is -2.13. The van der Waals surface area contributed by atoms with Crippen molar-refractivity contribution < 1.29 is 9.90 Å². The normalized spacial score (nSPS) is 10.7. The number of nitrogens with zero attached hydrogens (tertiary/aromatic N) is 1. The number of rotatable bonds is 3. The second-order valence-corrected chi connectivity index (χ2v) is 5.43. The minimum atomic E-state index is -0.232. The van der Waals surface area contributed by atoms with E-state index in [4.69, 9.17) is 0 Å². The molecule has 0 spiro atoms. The molecule has 0 unspecified atom stereocenters. The molecule has 2 rings (SSSR count). The summed E-state index contributed by atoms with van der Waals surface area (Å²) in [5.74, 6) is 0.222. The number of aromatic hydroxyl groups is 1. The van der Waals surface area contributed by atoms with E-state index in [0.29, 0.717) is 11.4 Å². The van der Waals surface area contributed by atoms with Gasteiger partial charge in [0.15, 0.2) is 0 Å². The number of anilines is 1. The Morgan fingerprint density at radius 2 is 2.16 bits per heavy atom. The highest BCUT2D eigenvalue weighted by Crippen LogP contribution is 2.31. The zero-order valence-electron chi connectivity index (χ0n) is 11.1. The first kappa shape index (κ1) is 13.5. The summed E-state index contributed by atoms with van der Waals surface area (Å²) in [4.78, 5) is 15.9. The van der Waals surface area contributed by atoms with Gasteiger partial charge in [0.25, 0.3) is 5.91 Å². The van der Waals surface area contributed by atoms with Crippen molar-refractivity contribution in [2.45, 2.75) is 26.7 Å². The largest absolute Gasteiger partial charge is 0.508 e. The minimum Gasteiger partial charge on any atom is -0.508 e. The van der Waals surface area contributed by atoms with Crippen LogP contribution in [0.15, 0.2) is 23.0 Å². The Bertz CT molecular complexity index is 592. The summed E-state index contributed by atoms with van der Waals surface area (Å²) >= 11 is 1.38. The zero-order valence-corrected chi connectivity index (χ0v) is 11.9. The summed E-state index contributed by atoms with van der Waals surface area (Å²) in [6.45, 7) is 5.84. The number of phenolic OH excluding ortho intramolecular Hbond substituents is 1. The maximum Gasteiger partial charge on any atom is 0.275 e. The van der Waals surface area contributed by atoms with E-state index in [9.17, 15) is 9.90 Å². The molecule has 0 fully saturated rings. The smallest absolute Gasteiger partial charge is 0.275 e. The van der Waals surface area contributed by atoms with Gasteiger partial charge in [0.1, 0.15) is 11.4 Å². The van der Waals surface area contributed by atoms with Crippen molar-refractivity contribution in [2.24, 2.45) is 0 Å². The molecular weight excluding hydrogens is 260 g/mol. The highest BCUT2D eigenvalue weighted by Gasteiger charge is 2.13. The van der Waals surface area contributed by atoms with Gasteiger partial charge in [0.05, 0.1) is 5.51 Å². The van der Waals surface area contributed by atoms with Gasteiger partial charge in [-0.05, 0) is 36.1 Å². The standard InChI is InChI=1S/C14H16N2O2S/c1-8(2)10-5-11(9(3)4-13(10)17)16-14(18)12-6-19-7-15-12/h4-8,17H,1-3H3,(H,16,18). The first-order chi connectivity index (χ1) is 8.99. The molecule has 2 N–H and O–H groups in total. The molecule has 1 heterocycles. The van der Waals surface area contributed by atoms with Gasteiger partial charge < -0.3 is 10.4 Å². The Morgan fingerprint density at radius 3 is 2.74 bits per heavy atom. The molecule has 2 aromatic rings. The number of aryl methyl sites for hydroxylation is 1. The Morgan fingerprint density at radius 1 is 1.42 bits per heavy atom. The van der Waals surface area contributed by atoms with Gasteiger partial charge in [-0.1, -0.05) is 13.8 Å². The van der Waals surface area contributed by atoms with Crippen LogP contribution in [0.2, 0.25) is 0 Å². The molecule has 0 aliphatic carbocycles. The molecule has 0 atom stereocenters. The molecule has 0 aliphatic rings. The Hall–Kier alpha value is -1.88. The number of carbonyl (C=O) groups is 1. The fourth-order valence-corrected chi connectivity index (χ4v) is 2.35. The fraction of sp³-hybridized carbons (Fsp3) is 0.286. The summed E-state index contributed by atoms with van der Waals surface area (Å²) in [7, 11) is 0. The van der Waals surface area contributed by atoms with Gasteiger partial charge >= 0.3 is 0 Å². The van der Waals surface area contributed by atoms with Crippen molar-refractivity contribution in [3.8, 4) is 5.75 Å². The first-order valence-corrected chi connectivity index (χ1v) is 6.96. The van der Waals surface area contributed by atoms with Crippen LogP contribution in [0, 0.1) is 6.92 Å². The van der Waals surface area contributed by atoms with Crippen LogP contribution in [-0.4, -0.2) is 16.0 Å². The van der Waals surface area contributed by atoms with Crippen LogP contribution in [0.1, 0.15) is 41.4 Å². The molecule has 1 aromatic carbocycles. The van der Waals surface area contributed by atoms with E-state index < -0.39 is 0 Å². The van der Waals surface area contributed by atoms with Gasteiger partial charge in [0.2, 0.25) is 0 Å². The number of phenols is 1. The summed E-state index contributed by atoms with van der Waals surface area (Å²) in [6, 6.07) is 3.49. The van der Waals surface area contributed by atoms with E-state index in [0.717, 1.165) is 11.1 Å². The monoisotopic (exact) mass is 276 g/mol. The van der Waals surface area contributed by atoms with Gasteiger partial charge in [-0.3, -0.25) is 4.79 Å². The molecule has 1 amide bonds. The third kappa shape index (κ3) is 2.93. The van der Waals surface area contributed by atoms with Crippen LogP contribution in [-0.2, 0) is 0 Å². The molecule has 0 aliphatic heterocycles. The third-order valence-electron chi connectivity index (χ3n) is 2.91. The number of nitrogens with one attached hydrogen (secondary N) is 1. The van der Waals surface area contributed by atoms with Crippen LogP contribution in [0.25, 0.3) is 0 Å². The second-order valence-electron chi connectivity index (χ2n) is 4.71. The Kier molecular flexibility index (Phi) is 3.85. The van der Waals surface area contributed by atoms with Gasteiger partial charge in [0, 0.05) is 11.1 Å². The molecule has 0 saturated carbocycles. The summed E-state index contributed by atoms with van der Waals surface area (Å²) in [5, 5.41) is 14.4. The molecule has 19 heavy (non-hydrogen) atoms. The van der Waals surface area contributed by atoms with Gasteiger partial charge in [-0.25, -0.2) is 4.98 Å². The van der Waals surface area contributed by atoms with E-state index in [-0.39, 0.29) is 17.6 Å². The predicted octanol–water partition coefficient (Wildman–Crippen LogP) is 3.53. The zero-order chi connectivity index (χ0) is 14.0. The summed E-state index contributed by atoms with van der Waals surface area (Å²) in [5.41, 5.74) is 4.38. The van der Waals surface area contributed by atoms with Crippen molar-refractivity contribution >= 4 is 22.9 Å². The number of amides is 1. The van der Waals surface area contributed by atoms with Crippen LogP contribution < -0.4 is 5.32 Å². The average molecular weight is 276 g/mol. The summed E-state index contributed by atoms with van der Waals surface area (Å²) in [6.07, 6.45) is 0. The summed E-state index contributed by atoms with van der Waals surface area (Å²) < 4.78 is 0. The highest BCUT2D eigenvalue weighted by molar-refractivity contribution is 7.07. The van der Waals surface area contributed by atoms with E-state index in [1.165, 1.54) is 11.3 Å². The first-order valence-electron chi connectivity index (χ1n) is 6.02.